The normalized spacial score (nSPS) is 10.2. The van der Waals surface area contributed by atoms with Crippen molar-refractivity contribution in [3.8, 4) is 9.88 Å². The van der Waals surface area contributed by atoms with E-state index in [-0.39, 0.29) is 0 Å². The molecule has 2 nitrogen and oxygen atoms in total. The SMILES string of the molecule is Nc1cnc(-c2cccs2)s1. The van der Waals surface area contributed by atoms with Gasteiger partial charge in [0.1, 0.15) is 10.0 Å². The molecule has 0 amide bonds. The fraction of sp³-hybridized carbons (Fsp3) is 0. The van der Waals surface area contributed by atoms with Crippen molar-refractivity contribution in [1.29, 1.82) is 0 Å². The summed E-state index contributed by atoms with van der Waals surface area (Å²) >= 11 is 3.20. The average Bonchev–Trinajstić information content (AvgIpc) is 2.55. The minimum absolute atomic E-state index is 0.772. The van der Waals surface area contributed by atoms with Crippen LogP contribution in [0.15, 0.2) is 23.7 Å². The van der Waals surface area contributed by atoms with Crippen LogP contribution in [-0.4, -0.2) is 4.98 Å². The van der Waals surface area contributed by atoms with Crippen LogP contribution in [0.25, 0.3) is 9.88 Å². The van der Waals surface area contributed by atoms with Crippen molar-refractivity contribution in [2.45, 2.75) is 0 Å². The molecule has 0 saturated carbocycles. The molecular formula is C7H6N2S2. The molecule has 0 radical (unpaired) electrons. The fourth-order valence-corrected chi connectivity index (χ4v) is 2.29. The molecule has 0 unspecified atom stereocenters. The number of hydrogen-bond acceptors (Lipinski definition) is 4. The summed E-state index contributed by atoms with van der Waals surface area (Å²) in [6.07, 6.45) is 1.69. The van der Waals surface area contributed by atoms with Crippen LogP contribution in [0.1, 0.15) is 0 Å². The molecule has 0 saturated heterocycles. The number of aromatic nitrogens is 1. The molecule has 0 aliphatic rings. The maximum atomic E-state index is 5.55. The lowest BCUT2D eigenvalue weighted by atomic mass is 10.5. The maximum Gasteiger partial charge on any atom is 0.135 e. The Morgan fingerprint density at radius 1 is 1.45 bits per heavy atom. The van der Waals surface area contributed by atoms with Crippen molar-refractivity contribution in [1.82, 2.24) is 4.98 Å². The number of thiophene rings is 1. The predicted molar refractivity (Wildman–Crippen MR) is 49.8 cm³/mol. The Morgan fingerprint density at radius 2 is 2.36 bits per heavy atom. The summed E-state index contributed by atoms with van der Waals surface area (Å²) < 4.78 is 0. The van der Waals surface area contributed by atoms with Gasteiger partial charge in [0.05, 0.1) is 11.1 Å². The van der Waals surface area contributed by atoms with Crippen molar-refractivity contribution in [2.24, 2.45) is 0 Å². The Bertz CT molecular complexity index is 337. The largest absolute Gasteiger partial charge is 0.389 e. The summed E-state index contributed by atoms with van der Waals surface area (Å²) in [5, 5.41) is 3.82. The van der Waals surface area contributed by atoms with Gasteiger partial charge in [-0.15, -0.1) is 11.3 Å². The Labute approximate surface area is 72.3 Å². The van der Waals surface area contributed by atoms with Crippen LogP contribution in [0, 0.1) is 0 Å². The van der Waals surface area contributed by atoms with E-state index in [1.807, 2.05) is 17.5 Å². The fourth-order valence-electron chi connectivity index (χ4n) is 0.801. The second kappa shape index (κ2) is 2.64. The number of thiazole rings is 1. The summed E-state index contributed by atoms with van der Waals surface area (Å²) in [7, 11) is 0. The second-order valence-corrected chi connectivity index (χ2v) is 4.06. The lowest BCUT2D eigenvalue weighted by Gasteiger charge is -1.84. The molecular weight excluding hydrogens is 176 g/mol. The molecule has 56 valence electrons. The van der Waals surface area contributed by atoms with Crippen molar-refractivity contribution >= 4 is 27.7 Å². The van der Waals surface area contributed by atoms with E-state index >= 15 is 0 Å². The van der Waals surface area contributed by atoms with Crippen molar-refractivity contribution in [2.75, 3.05) is 5.73 Å². The van der Waals surface area contributed by atoms with Gasteiger partial charge in [0.2, 0.25) is 0 Å². The van der Waals surface area contributed by atoms with Crippen molar-refractivity contribution in [3.05, 3.63) is 23.7 Å². The summed E-state index contributed by atoms with van der Waals surface area (Å²) in [6.45, 7) is 0. The first-order valence-electron chi connectivity index (χ1n) is 3.11. The van der Waals surface area contributed by atoms with Gasteiger partial charge in [0, 0.05) is 0 Å². The van der Waals surface area contributed by atoms with E-state index in [0.717, 1.165) is 10.0 Å². The van der Waals surface area contributed by atoms with E-state index < -0.39 is 0 Å². The summed E-state index contributed by atoms with van der Waals surface area (Å²) in [6, 6.07) is 4.06. The molecule has 0 aromatic carbocycles. The van der Waals surface area contributed by atoms with Crippen LogP contribution >= 0.6 is 22.7 Å². The van der Waals surface area contributed by atoms with E-state index in [1.165, 1.54) is 16.2 Å². The van der Waals surface area contributed by atoms with Crippen LogP contribution in [-0.2, 0) is 0 Å². The molecule has 0 aliphatic carbocycles. The van der Waals surface area contributed by atoms with E-state index in [1.54, 1.807) is 17.5 Å². The zero-order valence-electron chi connectivity index (χ0n) is 5.65. The van der Waals surface area contributed by atoms with Crippen LogP contribution in [0.3, 0.4) is 0 Å². The standard InChI is InChI=1S/C7H6N2S2/c8-6-4-9-7(11-6)5-2-1-3-10-5/h1-4H,8H2. The molecule has 4 heteroatoms. The Hall–Kier alpha value is -0.870. The minimum atomic E-state index is 0.772. The van der Waals surface area contributed by atoms with E-state index in [0.29, 0.717) is 0 Å². The number of nitrogens with zero attached hydrogens (tertiary/aromatic N) is 1. The molecule has 2 aromatic heterocycles. The van der Waals surface area contributed by atoms with Gasteiger partial charge in [-0.1, -0.05) is 17.4 Å². The average molecular weight is 182 g/mol. The van der Waals surface area contributed by atoms with Crippen molar-refractivity contribution in [3.63, 3.8) is 0 Å². The molecule has 0 aliphatic heterocycles. The molecule has 2 heterocycles. The van der Waals surface area contributed by atoms with Gasteiger partial charge in [-0.05, 0) is 11.4 Å². The third kappa shape index (κ3) is 1.27. The molecule has 2 rings (SSSR count). The van der Waals surface area contributed by atoms with Gasteiger partial charge in [0.25, 0.3) is 0 Å². The van der Waals surface area contributed by atoms with Crippen molar-refractivity contribution < 1.29 is 0 Å². The zero-order valence-corrected chi connectivity index (χ0v) is 7.28. The molecule has 0 spiro atoms. The Morgan fingerprint density at radius 3 is 2.91 bits per heavy atom. The lowest BCUT2D eigenvalue weighted by molar-refractivity contribution is 1.43. The number of anilines is 1. The topological polar surface area (TPSA) is 38.9 Å². The Balaban J connectivity index is 2.45. The van der Waals surface area contributed by atoms with Gasteiger partial charge in [-0.3, -0.25) is 0 Å². The quantitative estimate of drug-likeness (QED) is 0.735. The van der Waals surface area contributed by atoms with Gasteiger partial charge in [-0.25, -0.2) is 4.98 Å². The van der Waals surface area contributed by atoms with Crippen LogP contribution in [0.5, 0.6) is 0 Å². The highest BCUT2D eigenvalue weighted by Gasteiger charge is 2.01. The van der Waals surface area contributed by atoms with E-state index in [9.17, 15) is 0 Å². The number of rotatable bonds is 1. The third-order valence-electron chi connectivity index (χ3n) is 1.26. The zero-order chi connectivity index (χ0) is 7.68. The van der Waals surface area contributed by atoms with Gasteiger partial charge in [0.15, 0.2) is 0 Å². The first kappa shape index (κ1) is 6.82. The molecule has 11 heavy (non-hydrogen) atoms. The number of nitrogens with two attached hydrogens (primary N) is 1. The minimum Gasteiger partial charge on any atom is -0.389 e. The number of hydrogen-bond donors (Lipinski definition) is 1. The third-order valence-corrected chi connectivity index (χ3v) is 3.12. The lowest BCUT2D eigenvalue weighted by Crippen LogP contribution is -1.73. The highest BCUT2D eigenvalue weighted by Crippen LogP contribution is 2.29. The van der Waals surface area contributed by atoms with Gasteiger partial charge < -0.3 is 5.73 Å². The van der Waals surface area contributed by atoms with Crippen LogP contribution < -0.4 is 5.73 Å². The maximum absolute atomic E-state index is 5.55. The molecule has 0 bridgehead atoms. The molecule has 2 aromatic rings. The van der Waals surface area contributed by atoms with Crippen LogP contribution in [0.4, 0.5) is 5.00 Å². The first-order chi connectivity index (χ1) is 5.36. The summed E-state index contributed by atoms with van der Waals surface area (Å²) in [4.78, 5) is 5.35. The predicted octanol–water partition coefficient (Wildman–Crippen LogP) is 2.45. The van der Waals surface area contributed by atoms with E-state index in [4.69, 9.17) is 5.73 Å². The second-order valence-electron chi connectivity index (χ2n) is 2.05. The van der Waals surface area contributed by atoms with Crippen LogP contribution in [0.2, 0.25) is 0 Å². The monoisotopic (exact) mass is 182 g/mol. The molecule has 0 fully saturated rings. The smallest absolute Gasteiger partial charge is 0.135 e. The Kier molecular flexibility index (Phi) is 1.63. The number of nitrogen functional groups attached to an aromatic ring is 1. The highest BCUT2D eigenvalue weighted by molar-refractivity contribution is 7.23. The first-order valence-corrected chi connectivity index (χ1v) is 4.81. The molecule has 2 N–H and O–H groups in total. The molecule has 0 atom stereocenters. The van der Waals surface area contributed by atoms with Gasteiger partial charge >= 0.3 is 0 Å². The van der Waals surface area contributed by atoms with E-state index in [2.05, 4.69) is 4.98 Å². The van der Waals surface area contributed by atoms with Gasteiger partial charge in [-0.2, -0.15) is 0 Å². The summed E-state index contributed by atoms with van der Waals surface area (Å²) in [5.41, 5.74) is 5.55. The highest BCUT2D eigenvalue weighted by atomic mass is 32.1. The summed E-state index contributed by atoms with van der Waals surface area (Å²) in [5.74, 6) is 0.